The van der Waals surface area contributed by atoms with Crippen molar-refractivity contribution >= 4 is 11.9 Å². The van der Waals surface area contributed by atoms with Crippen LogP contribution in [0.1, 0.15) is 41.0 Å². The molecule has 0 heterocycles. The minimum Gasteiger partial charge on any atom is -0.460 e. The fraction of sp³-hybridized carbons (Fsp3) is 0.818. The van der Waals surface area contributed by atoms with Crippen LogP contribution in [0.4, 0.5) is 0 Å². The number of esters is 1. The van der Waals surface area contributed by atoms with Crippen LogP contribution in [-0.2, 0) is 19.1 Å². The van der Waals surface area contributed by atoms with Gasteiger partial charge in [-0.2, -0.15) is 0 Å². The normalized spacial score (nSPS) is 13.4. The highest BCUT2D eigenvalue weighted by Crippen LogP contribution is 2.11. The van der Waals surface area contributed by atoms with E-state index in [2.05, 4.69) is 0 Å². The summed E-state index contributed by atoms with van der Waals surface area (Å²) in [6.45, 7) is 8.81. The van der Waals surface area contributed by atoms with Gasteiger partial charge in [-0.1, -0.05) is 0 Å². The van der Waals surface area contributed by atoms with Crippen molar-refractivity contribution in [1.29, 1.82) is 0 Å². The first-order valence-corrected chi connectivity index (χ1v) is 5.53. The predicted molar refractivity (Wildman–Crippen MR) is 62.8 cm³/mol. The molecule has 0 rings (SSSR count). The van der Waals surface area contributed by atoms with E-state index in [9.17, 15) is 9.59 Å². The van der Waals surface area contributed by atoms with E-state index in [1.807, 2.05) is 5.43 Å². The van der Waals surface area contributed by atoms with Gasteiger partial charge in [-0.15, -0.1) is 0 Å². The van der Waals surface area contributed by atoms with Gasteiger partial charge < -0.3 is 9.47 Å². The van der Waals surface area contributed by atoms with E-state index >= 15 is 0 Å². The van der Waals surface area contributed by atoms with Crippen LogP contribution in [0, 0.1) is 0 Å². The molecule has 0 saturated carbocycles. The second-order valence-corrected chi connectivity index (χ2v) is 4.97. The van der Waals surface area contributed by atoms with Crippen LogP contribution in [0.3, 0.4) is 0 Å². The SMILES string of the molecule is CC(C)O[C@@H](CC(=O)OC(C)(C)C)C(=O)NN. The summed E-state index contributed by atoms with van der Waals surface area (Å²) in [5, 5.41) is 0. The number of nitrogens with one attached hydrogen (secondary N) is 1. The average Bonchev–Trinajstić information content (AvgIpc) is 2.11. The third-order valence-electron chi connectivity index (χ3n) is 1.64. The van der Waals surface area contributed by atoms with E-state index in [0.29, 0.717) is 0 Å². The first-order valence-electron chi connectivity index (χ1n) is 5.53. The van der Waals surface area contributed by atoms with Crippen LogP contribution >= 0.6 is 0 Å². The first kappa shape index (κ1) is 15.9. The number of hydrazine groups is 1. The topological polar surface area (TPSA) is 90.6 Å². The molecule has 17 heavy (non-hydrogen) atoms. The molecule has 100 valence electrons. The Morgan fingerprint density at radius 3 is 2.18 bits per heavy atom. The van der Waals surface area contributed by atoms with Crippen LogP contribution in [0.15, 0.2) is 0 Å². The second kappa shape index (κ2) is 6.56. The number of carbonyl (C=O) groups excluding carboxylic acids is 2. The lowest BCUT2D eigenvalue weighted by atomic mass is 10.2. The van der Waals surface area contributed by atoms with Gasteiger partial charge >= 0.3 is 5.97 Å². The third-order valence-corrected chi connectivity index (χ3v) is 1.64. The zero-order valence-corrected chi connectivity index (χ0v) is 11.1. The molecular formula is C11H22N2O4. The minimum atomic E-state index is -0.921. The van der Waals surface area contributed by atoms with Gasteiger partial charge in [-0.3, -0.25) is 15.0 Å². The molecule has 0 aliphatic heterocycles. The molecule has 6 nitrogen and oxygen atoms in total. The van der Waals surface area contributed by atoms with Crippen molar-refractivity contribution in [2.75, 3.05) is 0 Å². The van der Waals surface area contributed by atoms with Gasteiger partial charge in [-0.25, -0.2) is 5.84 Å². The van der Waals surface area contributed by atoms with Crippen molar-refractivity contribution < 1.29 is 19.1 Å². The summed E-state index contributed by atoms with van der Waals surface area (Å²) in [4.78, 5) is 22.9. The molecule has 0 bridgehead atoms. The molecular weight excluding hydrogens is 224 g/mol. The molecule has 0 radical (unpaired) electrons. The van der Waals surface area contributed by atoms with Gasteiger partial charge in [0.05, 0.1) is 12.5 Å². The van der Waals surface area contributed by atoms with E-state index in [1.165, 1.54) is 0 Å². The monoisotopic (exact) mass is 246 g/mol. The highest BCUT2D eigenvalue weighted by molar-refractivity contribution is 5.85. The second-order valence-electron chi connectivity index (χ2n) is 4.97. The molecule has 0 aliphatic rings. The summed E-state index contributed by atoms with van der Waals surface area (Å²) < 4.78 is 10.4. The average molecular weight is 246 g/mol. The Kier molecular flexibility index (Phi) is 6.12. The van der Waals surface area contributed by atoms with Crippen molar-refractivity contribution in [3.8, 4) is 0 Å². The van der Waals surface area contributed by atoms with Gasteiger partial charge in [0.2, 0.25) is 0 Å². The van der Waals surface area contributed by atoms with E-state index in [0.717, 1.165) is 0 Å². The lowest BCUT2D eigenvalue weighted by Crippen LogP contribution is -2.43. The number of hydrogen-bond acceptors (Lipinski definition) is 5. The van der Waals surface area contributed by atoms with E-state index in [-0.39, 0.29) is 12.5 Å². The molecule has 0 saturated heterocycles. The molecule has 1 atom stereocenters. The zero-order valence-electron chi connectivity index (χ0n) is 11.1. The summed E-state index contributed by atoms with van der Waals surface area (Å²) in [7, 11) is 0. The summed E-state index contributed by atoms with van der Waals surface area (Å²) in [5.41, 5.74) is 1.38. The van der Waals surface area contributed by atoms with Crippen molar-refractivity contribution in [2.24, 2.45) is 5.84 Å². The summed E-state index contributed by atoms with van der Waals surface area (Å²) in [5.74, 6) is 3.99. The molecule has 0 aromatic carbocycles. The van der Waals surface area contributed by atoms with Crippen LogP contribution in [-0.4, -0.2) is 29.7 Å². The van der Waals surface area contributed by atoms with Gasteiger partial charge in [-0.05, 0) is 34.6 Å². The Bertz CT molecular complexity index is 271. The van der Waals surface area contributed by atoms with Crippen LogP contribution in [0.5, 0.6) is 0 Å². The quantitative estimate of drug-likeness (QED) is 0.319. The lowest BCUT2D eigenvalue weighted by Gasteiger charge is -2.22. The van der Waals surface area contributed by atoms with E-state index in [1.54, 1.807) is 34.6 Å². The van der Waals surface area contributed by atoms with E-state index in [4.69, 9.17) is 15.3 Å². The minimum absolute atomic E-state index is 0.154. The fourth-order valence-electron chi connectivity index (χ4n) is 1.16. The molecule has 3 N–H and O–H groups in total. The fourth-order valence-corrected chi connectivity index (χ4v) is 1.16. The Balaban J connectivity index is 4.43. The molecule has 1 amide bonds. The smallest absolute Gasteiger partial charge is 0.309 e. The predicted octanol–water partition coefficient (Wildman–Crippen LogP) is 0.502. The van der Waals surface area contributed by atoms with Crippen LogP contribution in [0.25, 0.3) is 0 Å². The highest BCUT2D eigenvalue weighted by atomic mass is 16.6. The Morgan fingerprint density at radius 1 is 1.29 bits per heavy atom. The van der Waals surface area contributed by atoms with E-state index < -0.39 is 23.6 Å². The molecule has 0 fully saturated rings. The van der Waals surface area contributed by atoms with Crippen LogP contribution < -0.4 is 11.3 Å². The molecule has 0 spiro atoms. The Labute approximate surface area is 102 Å². The summed E-state index contributed by atoms with van der Waals surface area (Å²) in [6, 6.07) is 0. The Morgan fingerprint density at radius 2 is 1.82 bits per heavy atom. The number of nitrogens with two attached hydrogens (primary N) is 1. The number of rotatable bonds is 5. The van der Waals surface area contributed by atoms with Crippen molar-refractivity contribution in [1.82, 2.24) is 5.43 Å². The van der Waals surface area contributed by atoms with Gasteiger partial charge in [0.25, 0.3) is 5.91 Å². The number of carbonyl (C=O) groups is 2. The lowest BCUT2D eigenvalue weighted by molar-refractivity contribution is -0.162. The maximum Gasteiger partial charge on any atom is 0.309 e. The molecule has 0 aromatic rings. The van der Waals surface area contributed by atoms with Crippen LogP contribution in [0.2, 0.25) is 0 Å². The van der Waals surface area contributed by atoms with Crippen molar-refractivity contribution in [3.05, 3.63) is 0 Å². The standard InChI is InChI=1S/C11H22N2O4/c1-7(2)16-8(10(15)13-12)6-9(14)17-11(3,4)5/h7-8H,6,12H2,1-5H3,(H,13,15)/t8-/m0/s1. The number of hydrogen-bond donors (Lipinski definition) is 2. The molecule has 0 aromatic heterocycles. The maximum atomic E-state index is 11.5. The summed E-state index contributed by atoms with van der Waals surface area (Å²) in [6.07, 6.45) is -1.26. The zero-order chi connectivity index (χ0) is 13.6. The largest absolute Gasteiger partial charge is 0.460 e. The number of ether oxygens (including phenoxy) is 2. The van der Waals surface area contributed by atoms with Gasteiger partial charge in [0, 0.05) is 0 Å². The maximum absolute atomic E-state index is 11.5. The summed E-state index contributed by atoms with van der Waals surface area (Å²) >= 11 is 0. The highest BCUT2D eigenvalue weighted by Gasteiger charge is 2.26. The molecule has 0 unspecified atom stereocenters. The van der Waals surface area contributed by atoms with Crippen molar-refractivity contribution in [2.45, 2.75) is 58.8 Å². The van der Waals surface area contributed by atoms with Gasteiger partial charge in [0.15, 0.2) is 0 Å². The van der Waals surface area contributed by atoms with Gasteiger partial charge in [0.1, 0.15) is 11.7 Å². The number of amides is 1. The first-order chi connectivity index (χ1) is 7.65. The molecule has 6 heteroatoms. The third kappa shape index (κ3) is 7.70. The molecule has 0 aliphatic carbocycles. The Hall–Kier alpha value is -1.14. The van der Waals surface area contributed by atoms with Crippen molar-refractivity contribution in [3.63, 3.8) is 0 Å².